The number of nitrogens with one attached hydrogen (secondary N) is 1. The van der Waals surface area contributed by atoms with Crippen LogP contribution in [0.15, 0.2) is 12.1 Å². The van der Waals surface area contributed by atoms with Crippen LogP contribution in [0, 0.1) is 17.6 Å². The molecule has 1 N–H and O–H groups in total. The number of hydrogen-bond acceptors (Lipinski definition) is 6. The van der Waals surface area contributed by atoms with E-state index in [2.05, 4.69) is 12.2 Å². The molecule has 1 aromatic heterocycles. The highest BCUT2D eigenvalue weighted by atomic mass is 35.5. The molecule has 2 aromatic rings. The molecule has 1 aromatic carbocycles. The molecule has 0 saturated heterocycles. The Morgan fingerprint density at radius 2 is 1.94 bits per heavy atom. The summed E-state index contributed by atoms with van der Waals surface area (Å²) >= 11 is 7.09. The largest absolute Gasteiger partial charge is 0.462 e. The van der Waals surface area contributed by atoms with Crippen molar-refractivity contribution in [3.63, 3.8) is 0 Å². The second kappa shape index (κ2) is 9.95. The van der Waals surface area contributed by atoms with E-state index in [1.54, 1.807) is 6.92 Å². The van der Waals surface area contributed by atoms with Gasteiger partial charge in [0.1, 0.15) is 5.00 Å². The van der Waals surface area contributed by atoms with Crippen LogP contribution in [-0.4, -0.2) is 30.6 Å². The first kappa shape index (κ1) is 24.1. The number of carbonyl (C=O) groups is 3. The van der Waals surface area contributed by atoms with Crippen LogP contribution >= 0.6 is 22.9 Å². The quantitative estimate of drug-likeness (QED) is 0.451. The highest BCUT2D eigenvalue weighted by Crippen LogP contribution is 2.40. The number of rotatable bonds is 6. The van der Waals surface area contributed by atoms with Crippen molar-refractivity contribution >= 4 is 45.8 Å². The molecule has 0 bridgehead atoms. The summed E-state index contributed by atoms with van der Waals surface area (Å²) in [6.45, 7) is 5.33. The van der Waals surface area contributed by atoms with Gasteiger partial charge in [-0.2, -0.15) is 0 Å². The van der Waals surface area contributed by atoms with E-state index < -0.39 is 41.1 Å². The predicted molar refractivity (Wildman–Crippen MR) is 116 cm³/mol. The number of anilines is 1. The zero-order valence-electron chi connectivity index (χ0n) is 17.7. The van der Waals surface area contributed by atoms with Gasteiger partial charge < -0.3 is 14.8 Å². The van der Waals surface area contributed by atoms with Gasteiger partial charge in [-0.15, -0.1) is 11.3 Å². The molecule has 1 aliphatic carbocycles. The average molecular weight is 486 g/mol. The van der Waals surface area contributed by atoms with E-state index in [4.69, 9.17) is 21.1 Å². The zero-order chi connectivity index (χ0) is 23.6. The lowest BCUT2D eigenvalue weighted by Gasteiger charge is -2.18. The lowest BCUT2D eigenvalue weighted by atomic mass is 9.88. The first-order chi connectivity index (χ1) is 15.1. The van der Waals surface area contributed by atoms with Crippen molar-refractivity contribution in [2.45, 2.75) is 46.1 Å². The Morgan fingerprint density at radius 3 is 2.62 bits per heavy atom. The average Bonchev–Trinajstić information content (AvgIpc) is 3.07. The molecule has 172 valence electrons. The van der Waals surface area contributed by atoms with E-state index in [0.29, 0.717) is 35.0 Å². The highest BCUT2D eigenvalue weighted by Gasteiger charge is 2.30. The summed E-state index contributed by atoms with van der Waals surface area (Å²) in [5.41, 5.74) is 0.798. The SMILES string of the molecule is CCOC(=O)c1c(NC(=O)[C@H](C)OC(=O)c2cc(F)c(F)cc2Cl)sc2c1CC[C@@H](C)C2. The molecule has 0 saturated carbocycles. The fourth-order valence-corrected chi connectivity index (χ4v) is 5.06. The van der Waals surface area contributed by atoms with E-state index >= 15 is 0 Å². The smallest absolute Gasteiger partial charge is 0.341 e. The maximum absolute atomic E-state index is 13.5. The molecule has 0 fully saturated rings. The summed E-state index contributed by atoms with van der Waals surface area (Å²) in [5, 5.41) is 2.64. The number of esters is 2. The highest BCUT2D eigenvalue weighted by molar-refractivity contribution is 7.17. The minimum absolute atomic E-state index is 0.191. The third kappa shape index (κ3) is 5.10. The van der Waals surface area contributed by atoms with Gasteiger partial charge in [-0.1, -0.05) is 18.5 Å². The maximum Gasteiger partial charge on any atom is 0.341 e. The molecule has 3 rings (SSSR count). The van der Waals surface area contributed by atoms with Crippen LogP contribution in [-0.2, 0) is 27.1 Å². The van der Waals surface area contributed by atoms with Gasteiger partial charge in [-0.05, 0) is 56.7 Å². The van der Waals surface area contributed by atoms with Crippen LogP contribution in [0.1, 0.15) is 58.3 Å². The lowest BCUT2D eigenvalue weighted by molar-refractivity contribution is -0.123. The first-order valence-electron chi connectivity index (χ1n) is 10.1. The molecule has 10 heteroatoms. The fourth-order valence-electron chi connectivity index (χ4n) is 3.43. The topological polar surface area (TPSA) is 81.7 Å². The Kier molecular flexibility index (Phi) is 7.51. The molecule has 0 aliphatic heterocycles. The Hall–Kier alpha value is -2.52. The van der Waals surface area contributed by atoms with Crippen molar-refractivity contribution in [2.24, 2.45) is 5.92 Å². The third-order valence-electron chi connectivity index (χ3n) is 5.11. The number of carbonyl (C=O) groups excluding carboxylic acids is 3. The molecule has 0 spiro atoms. The molecule has 6 nitrogen and oxygen atoms in total. The standard InChI is InChI=1S/C22H22ClF2NO5S/c1-4-30-22(29)18-12-6-5-10(2)7-17(12)32-20(18)26-19(27)11(3)31-21(28)13-8-15(24)16(25)9-14(13)23/h8-11H,4-7H2,1-3H3,(H,26,27)/t10-,11+/m1/s1. The van der Waals surface area contributed by atoms with Gasteiger partial charge in [0.25, 0.3) is 5.91 Å². The first-order valence-corrected chi connectivity index (χ1v) is 11.3. The molecule has 0 unspecified atom stereocenters. The van der Waals surface area contributed by atoms with Gasteiger partial charge in [-0.3, -0.25) is 4.79 Å². The predicted octanol–water partition coefficient (Wildman–Crippen LogP) is 5.17. The van der Waals surface area contributed by atoms with Crippen molar-refractivity contribution in [1.82, 2.24) is 0 Å². The summed E-state index contributed by atoms with van der Waals surface area (Å²) in [6.07, 6.45) is 1.13. The maximum atomic E-state index is 13.5. The van der Waals surface area contributed by atoms with Crippen LogP contribution in [0.5, 0.6) is 0 Å². The fraction of sp³-hybridized carbons (Fsp3) is 0.409. The summed E-state index contributed by atoms with van der Waals surface area (Å²) in [4.78, 5) is 38.6. The van der Waals surface area contributed by atoms with Gasteiger partial charge in [0.15, 0.2) is 17.7 Å². The van der Waals surface area contributed by atoms with Crippen LogP contribution in [0.4, 0.5) is 13.8 Å². The molecule has 32 heavy (non-hydrogen) atoms. The van der Waals surface area contributed by atoms with Crippen molar-refractivity contribution < 1.29 is 32.6 Å². The molecule has 2 atom stereocenters. The van der Waals surface area contributed by atoms with Gasteiger partial charge >= 0.3 is 11.9 Å². The number of hydrogen-bond donors (Lipinski definition) is 1. The van der Waals surface area contributed by atoms with Crippen molar-refractivity contribution in [3.05, 3.63) is 50.4 Å². The minimum atomic E-state index is -1.29. The Balaban J connectivity index is 1.78. The zero-order valence-corrected chi connectivity index (χ0v) is 19.3. The summed E-state index contributed by atoms with van der Waals surface area (Å²) in [6, 6.07) is 1.26. The van der Waals surface area contributed by atoms with Crippen molar-refractivity contribution in [3.8, 4) is 0 Å². The van der Waals surface area contributed by atoms with E-state index in [1.165, 1.54) is 18.3 Å². The Labute approximate surface area is 192 Å². The number of halogens is 3. The summed E-state index contributed by atoms with van der Waals surface area (Å²) < 4.78 is 36.9. The molecule has 0 radical (unpaired) electrons. The summed E-state index contributed by atoms with van der Waals surface area (Å²) in [7, 11) is 0. The number of amides is 1. The van der Waals surface area contributed by atoms with Gasteiger partial charge in [-0.25, -0.2) is 18.4 Å². The van der Waals surface area contributed by atoms with E-state index in [1.807, 2.05) is 0 Å². The van der Waals surface area contributed by atoms with E-state index in [0.717, 1.165) is 23.3 Å². The summed E-state index contributed by atoms with van der Waals surface area (Å²) in [5.74, 6) is -4.31. The van der Waals surface area contributed by atoms with Crippen LogP contribution in [0.25, 0.3) is 0 Å². The van der Waals surface area contributed by atoms with Gasteiger partial charge in [0.2, 0.25) is 0 Å². The Morgan fingerprint density at radius 1 is 1.25 bits per heavy atom. The second-order valence-corrected chi connectivity index (χ2v) is 9.07. The van der Waals surface area contributed by atoms with Crippen LogP contribution < -0.4 is 5.32 Å². The molecule has 1 amide bonds. The van der Waals surface area contributed by atoms with E-state index in [9.17, 15) is 23.2 Å². The Bertz CT molecular complexity index is 1070. The lowest BCUT2D eigenvalue weighted by Crippen LogP contribution is -2.30. The number of fused-ring (bicyclic) bond motifs is 1. The molecule has 1 aliphatic rings. The third-order valence-corrected chi connectivity index (χ3v) is 6.59. The van der Waals surface area contributed by atoms with Crippen LogP contribution in [0.2, 0.25) is 5.02 Å². The van der Waals surface area contributed by atoms with E-state index in [-0.39, 0.29) is 11.6 Å². The minimum Gasteiger partial charge on any atom is -0.462 e. The number of ether oxygens (including phenoxy) is 2. The monoisotopic (exact) mass is 485 g/mol. The van der Waals surface area contributed by atoms with Crippen LogP contribution in [0.3, 0.4) is 0 Å². The van der Waals surface area contributed by atoms with Gasteiger partial charge in [0, 0.05) is 4.88 Å². The second-order valence-electron chi connectivity index (χ2n) is 7.56. The molecular weight excluding hydrogens is 464 g/mol. The molecule has 1 heterocycles. The van der Waals surface area contributed by atoms with Crippen molar-refractivity contribution in [1.29, 1.82) is 0 Å². The normalized spacial score (nSPS) is 16.1. The number of thiophene rings is 1. The van der Waals surface area contributed by atoms with Crippen molar-refractivity contribution in [2.75, 3.05) is 11.9 Å². The number of benzene rings is 1. The van der Waals surface area contributed by atoms with Gasteiger partial charge in [0.05, 0.1) is 22.8 Å². The molecular formula is C22H22ClF2NO5S.